The van der Waals surface area contributed by atoms with Gasteiger partial charge >= 0.3 is 0 Å². The molecule has 0 aliphatic rings. The summed E-state index contributed by atoms with van der Waals surface area (Å²) >= 11 is 0. The van der Waals surface area contributed by atoms with E-state index in [4.69, 9.17) is 5.73 Å². The predicted octanol–water partition coefficient (Wildman–Crippen LogP) is 2.93. The highest BCUT2D eigenvalue weighted by Crippen LogP contribution is 2.24. The minimum absolute atomic E-state index is 0. The molecule has 0 amide bonds. The Morgan fingerprint density at radius 1 is 1.23 bits per heavy atom. The molecule has 0 aromatic heterocycles. The minimum atomic E-state index is -0.797. The maximum Gasteiger partial charge on any atom is 0.272 e. The molecule has 6 heteroatoms. The molecule has 2 aromatic carbocycles. The lowest BCUT2D eigenvalue weighted by atomic mass is 9.95. The van der Waals surface area contributed by atoms with E-state index in [1.54, 1.807) is 19.1 Å². The molecule has 0 saturated carbocycles. The van der Waals surface area contributed by atoms with Crippen LogP contribution in [-0.4, -0.2) is 16.1 Å². The zero-order valence-corrected chi connectivity index (χ0v) is 13.0. The lowest BCUT2D eigenvalue weighted by molar-refractivity contribution is -0.385. The van der Waals surface area contributed by atoms with E-state index in [0.717, 1.165) is 5.56 Å². The Morgan fingerprint density at radius 2 is 1.86 bits per heavy atom. The van der Waals surface area contributed by atoms with Crippen LogP contribution in [-0.2, 0) is 6.42 Å². The second kappa shape index (κ2) is 7.89. The van der Waals surface area contributed by atoms with Gasteiger partial charge in [0.05, 0.1) is 17.1 Å². The fraction of sp³-hybridized carbons (Fsp3) is 0.250. The molecule has 0 fully saturated rings. The van der Waals surface area contributed by atoms with Gasteiger partial charge in [-0.25, -0.2) is 0 Å². The summed E-state index contributed by atoms with van der Waals surface area (Å²) in [6, 6.07) is 13.7. The molecule has 0 heterocycles. The number of benzene rings is 2. The summed E-state index contributed by atoms with van der Waals surface area (Å²) < 4.78 is 0. The predicted molar refractivity (Wildman–Crippen MR) is 88.2 cm³/mol. The molecular formula is C16H19ClN2O3. The van der Waals surface area contributed by atoms with Gasteiger partial charge in [0.25, 0.3) is 5.69 Å². The molecule has 5 nitrogen and oxygen atoms in total. The van der Waals surface area contributed by atoms with Gasteiger partial charge in [0.15, 0.2) is 0 Å². The zero-order chi connectivity index (χ0) is 15.4. The van der Waals surface area contributed by atoms with Crippen LogP contribution in [0.5, 0.6) is 0 Å². The number of nitrogens with two attached hydrogens (primary N) is 1. The van der Waals surface area contributed by atoms with E-state index in [2.05, 4.69) is 0 Å². The van der Waals surface area contributed by atoms with Gasteiger partial charge in [-0.3, -0.25) is 10.1 Å². The molecule has 22 heavy (non-hydrogen) atoms. The fourth-order valence-electron chi connectivity index (χ4n) is 2.24. The van der Waals surface area contributed by atoms with E-state index < -0.39 is 17.1 Å². The SMILES string of the molecule is Cc1ccc([C@H](N)[C@H](O)Cc2ccccc2)cc1[N+](=O)[O-].Cl. The van der Waals surface area contributed by atoms with Crippen molar-refractivity contribution >= 4 is 18.1 Å². The number of nitrogens with zero attached hydrogens (tertiary/aromatic N) is 1. The van der Waals surface area contributed by atoms with Gasteiger partial charge in [0.1, 0.15) is 0 Å². The summed E-state index contributed by atoms with van der Waals surface area (Å²) in [5, 5.41) is 21.2. The smallest absolute Gasteiger partial charge is 0.272 e. The largest absolute Gasteiger partial charge is 0.391 e. The molecule has 0 bridgehead atoms. The van der Waals surface area contributed by atoms with Crippen LogP contribution in [0.2, 0.25) is 0 Å². The third kappa shape index (κ3) is 4.27. The standard InChI is InChI=1S/C16H18N2O3.ClH/c1-11-7-8-13(10-14(11)18(20)21)16(17)15(19)9-12-5-3-2-4-6-12;/h2-8,10,15-16,19H,9,17H2,1H3;1H/t15-,16+;/m1./s1. The van der Waals surface area contributed by atoms with Crippen LogP contribution in [0.25, 0.3) is 0 Å². The topological polar surface area (TPSA) is 89.4 Å². The molecule has 0 aliphatic carbocycles. The van der Waals surface area contributed by atoms with E-state index in [1.807, 2.05) is 30.3 Å². The Bertz CT molecular complexity index is 635. The van der Waals surface area contributed by atoms with Crippen LogP contribution in [0.15, 0.2) is 48.5 Å². The van der Waals surface area contributed by atoms with Crippen molar-refractivity contribution in [3.63, 3.8) is 0 Å². The second-order valence-corrected chi connectivity index (χ2v) is 5.09. The van der Waals surface area contributed by atoms with E-state index in [9.17, 15) is 15.2 Å². The molecule has 118 valence electrons. The maximum atomic E-state index is 11.0. The van der Waals surface area contributed by atoms with Crippen molar-refractivity contribution < 1.29 is 10.0 Å². The van der Waals surface area contributed by atoms with Gasteiger partial charge in [-0.1, -0.05) is 42.5 Å². The van der Waals surface area contributed by atoms with Crippen molar-refractivity contribution in [1.29, 1.82) is 0 Å². The van der Waals surface area contributed by atoms with Crippen LogP contribution >= 0.6 is 12.4 Å². The number of rotatable bonds is 5. The molecule has 0 unspecified atom stereocenters. The first-order valence-electron chi connectivity index (χ1n) is 6.71. The molecule has 0 aliphatic heterocycles. The number of aliphatic hydroxyl groups is 1. The monoisotopic (exact) mass is 322 g/mol. The van der Waals surface area contributed by atoms with Crippen LogP contribution in [0.1, 0.15) is 22.7 Å². The highest BCUT2D eigenvalue weighted by Gasteiger charge is 2.20. The van der Waals surface area contributed by atoms with E-state index >= 15 is 0 Å². The van der Waals surface area contributed by atoms with Crippen LogP contribution in [0, 0.1) is 17.0 Å². The number of hydrogen-bond donors (Lipinski definition) is 2. The van der Waals surface area contributed by atoms with Gasteiger partial charge in [-0.15, -0.1) is 12.4 Å². The molecule has 0 radical (unpaired) electrons. The Kier molecular flexibility index (Phi) is 6.49. The van der Waals surface area contributed by atoms with Crippen molar-refractivity contribution in [2.75, 3.05) is 0 Å². The van der Waals surface area contributed by atoms with Crippen LogP contribution in [0.3, 0.4) is 0 Å². The summed E-state index contributed by atoms with van der Waals surface area (Å²) in [4.78, 5) is 10.5. The molecular weight excluding hydrogens is 304 g/mol. The van der Waals surface area contributed by atoms with Crippen molar-refractivity contribution in [3.05, 3.63) is 75.3 Å². The van der Waals surface area contributed by atoms with Gasteiger partial charge < -0.3 is 10.8 Å². The van der Waals surface area contributed by atoms with E-state index in [-0.39, 0.29) is 18.1 Å². The van der Waals surface area contributed by atoms with Gasteiger partial charge in [-0.05, 0) is 18.1 Å². The Labute approximate surface area is 135 Å². The summed E-state index contributed by atoms with van der Waals surface area (Å²) in [7, 11) is 0. The third-order valence-corrected chi connectivity index (χ3v) is 3.52. The summed E-state index contributed by atoms with van der Waals surface area (Å²) in [5.74, 6) is 0. The van der Waals surface area contributed by atoms with Gasteiger partial charge in [-0.2, -0.15) is 0 Å². The van der Waals surface area contributed by atoms with Crippen molar-refractivity contribution in [2.24, 2.45) is 5.73 Å². The van der Waals surface area contributed by atoms with Gasteiger partial charge in [0, 0.05) is 18.1 Å². The lowest BCUT2D eigenvalue weighted by Crippen LogP contribution is -2.28. The van der Waals surface area contributed by atoms with E-state index in [1.165, 1.54) is 6.07 Å². The van der Waals surface area contributed by atoms with Crippen molar-refractivity contribution in [3.8, 4) is 0 Å². The van der Waals surface area contributed by atoms with Crippen LogP contribution in [0.4, 0.5) is 5.69 Å². The number of aliphatic hydroxyl groups excluding tert-OH is 1. The number of nitro groups is 1. The summed E-state index contributed by atoms with van der Waals surface area (Å²) in [6.45, 7) is 1.67. The first-order valence-corrected chi connectivity index (χ1v) is 6.71. The summed E-state index contributed by atoms with van der Waals surface area (Å²) in [5.41, 5.74) is 8.17. The number of aryl methyl sites for hydroxylation is 1. The Hall–Kier alpha value is -1.95. The van der Waals surface area contributed by atoms with Gasteiger partial charge in [0.2, 0.25) is 0 Å². The average molecular weight is 323 g/mol. The normalized spacial score (nSPS) is 13.0. The molecule has 2 atom stereocenters. The number of hydrogen-bond acceptors (Lipinski definition) is 4. The second-order valence-electron chi connectivity index (χ2n) is 5.09. The minimum Gasteiger partial charge on any atom is -0.391 e. The first kappa shape index (κ1) is 18.1. The fourth-order valence-corrected chi connectivity index (χ4v) is 2.24. The lowest BCUT2D eigenvalue weighted by Gasteiger charge is -2.19. The number of halogens is 1. The quantitative estimate of drug-likeness (QED) is 0.654. The van der Waals surface area contributed by atoms with Crippen molar-refractivity contribution in [1.82, 2.24) is 0 Å². The number of nitro benzene ring substituents is 1. The first-order chi connectivity index (χ1) is 9.99. The maximum absolute atomic E-state index is 11.0. The Morgan fingerprint density at radius 3 is 2.45 bits per heavy atom. The molecule has 0 spiro atoms. The Balaban J connectivity index is 0.00000242. The molecule has 2 aromatic rings. The van der Waals surface area contributed by atoms with Crippen molar-refractivity contribution in [2.45, 2.75) is 25.5 Å². The highest BCUT2D eigenvalue weighted by atomic mass is 35.5. The van der Waals surface area contributed by atoms with Crippen LogP contribution < -0.4 is 5.73 Å². The molecule has 0 saturated heterocycles. The average Bonchev–Trinajstić information content (AvgIpc) is 2.47. The van der Waals surface area contributed by atoms with E-state index in [0.29, 0.717) is 17.5 Å². The summed E-state index contributed by atoms with van der Waals surface area (Å²) in [6.07, 6.45) is -0.390. The zero-order valence-electron chi connectivity index (χ0n) is 12.2. The highest BCUT2D eigenvalue weighted by molar-refractivity contribution is 5.85. The molecule has 3 N–H and O–H groups in total. The third-order valence-electron chi connectivity index (χ3n) is 3.52. The molecule has 2 rings (SSSR count).